The lowest BCUT2D eigenvalue weighted by molar-refractivity contribution is -0.137. The topological polar surface area (TPSA) is 54.4 Å². The zero-order valence-corrected chi connectivity index (χ0v) is 8.62. The van der Waals surface area contributed by atoms with Gasteiger partial charge in [0.2, 0.25) is 0 Å². The number of hydrogen-bond acceptors (Lipinski definition) is 2. The summed E-state index contributed by atoms with van der Waals surface area (Å²) in [6, 6.07) is 5.10. The highest BCUT2D eigenvalue weighted by atomic mass is 35.5. The van der Waals surface area contributed by atoms with Crippen LogP contribution < -0.4 is 0 Å². The summed E-state index contributed by atoms with van der Waals surface area (Å²) in [4.78, 5) is 22.2. The third-order valence-corrected chi connectivity index (χ3v) is 2.94. The van der Waals surface area contributed by atoms with E-state index >= 15 is 0 Å². The molecule has 1 unspecified atom stereocenters. The van der Waals surface area contributed by atoms with Crippen molar-refractivity contribution in [3.05, 3.63) is 34.3 Å². The first-order valence-electron chi connectivity index (χ1n) is 4.63. The molecule has 2 rings (SSSR count). The van der Waals surface area contributed by atoms with E-state index in [1.54, 1.807) is 18.2 Å². The van der Waals surface area contributed by atoms with Crippen LogP contribution in [0.5, 0.6) is 0 Å². The first-order chi connectivity index (χ1) is 7.09. The normalized spacial score (nSPS) is 19.0. The Morgan fingerprint density at radius 3 is 2.93 bits per heavy atom. The molecule has 0 saturated heterocycles. The largest absolute Gasteiger partial charge is 0.481 e. The Labute approximate surface area is 91.7 Å². The molecule has 1 atom stereocenters. The van der Waals surface area contributed by atoms with Crippen LogP contribution in [0.25, 0.3) is 0 Å². The second-order valence-electron chi connectivity index (χ2n) is 3.62. The van der Waals surface area contributed by atoms with Gasteiger partial charge in [0.25, 0.3) is 0 Å². The van der Waals surface area contributed by atoms with Crippen molar-refractivity contribution in [3.63, 3.8) is 0 Å². The summed E-state index contributed by atoms with van der Waals surface area (Å²) in [6.45, 7) is 0. The average molecular weight is 225 g/mol. The second-order valence-corrected chi connectivity index (χ2v) is 4.03. The van der Waals surface area contributed by atoms with E-state index in [1.807, 2.05) is 0 Å². The maximum atomic E-state index is 11.6. The quantitative estimate of drug-likeness (QED) is 0.840. The van der Waals surface area contributed by atoms with Crippen molar-refractivity contribution in [2.24, 2.45) is 0 Å². The molecular weight excluding hydrogens is 216 g/mol. The van der Waals surface area contributed by atoms with E-state index in [0.29, 0.717) is 16.1 Å². The molecule has 0 spiro atoms. The number of rotatable bonds is 2. The molecule has 0 radical (unpaired) electrons. The minimum atomic E-state index is -0.902. The van der Waals surface area contributed by atoms with Gasteiger partial charge < -0.3 is 5.11 Å². The van der Waals surface area contributed by atoms with Crippen molar-refractivity contribution < 1.29 is 14.7 Å². The molecule has 1 aromatic carbocycles. The minimum Gasteiger partial charge on any atom is -0.481 e. The number of ketones is 1. The van der Waals surface area contributed by atoms with Gasteiger partial charge in [-0.3, -0.25) is 9.59 Å². The molecule has 3 nitrogen and oxygen atoms in total. The van der Waals surface area contributed by atoms with Crippen LogP contribution in [0.15, 0.2) is 18.2 Å². The number of carboxylic acid groups (broad SMARTS) is 1. The summed E-state index contributed by atoms with van der Waals surface area (Å²) >= 11 is 5.97. The lowest BCUT2D eigenvalue weighted by Gasteiger charge is -2.08. The summed E-state index contributed by atoms with van der Waals surface area (Å²) in [5, 5.41) is 9.21. The van der Waals surface area contributed by atoms with Crippen LogP contribution in [0.3, 0.4) is 0 Å². The number of hydrogen-bond donors (Lipinski definition) is 1. The Hall–Kier alpha value is -1.35. The highest BCUT2D eigenvalue weighted by molar-refractivity contribution is 6.32. The minimum absolute atomic E-state index is 0.0150. The zero-order chi connectivity index (χ0) is 11.0. The number of carbonyl (C=O) groups excluding carboxylic acids is 1. The Morgan fingerprint density at radius 2 is 2.27 bits per heavy atom. The van der Waals surface area contributed by atoms with E-state index in [9.17, 15) is 9.59 Å². The maximum absolute atomic E-state index is 11.6. The molecule has 1 aliphatic rings. The third-order valence-electron chi connectivity index (χ3n) is 2.61. The number of carboxylic acids is 1. The fourth-order valence-corrected chi connectivity index (χ4v) is 2.34. The highest BCUT2D eigenvalue weighted by Gasteiger charge is 2.32. The molecule has 0 aromatic heterocycles. The van der Waals surface area contributed by atoms with Gasteiger partial charge in [0.05, 0.1) is 6.42 Å². The predicted molar refractivity (Wildman–Crippen MR) is 55.4 cm³/mol. The zero-order valence-electron chi connectivity index (χ0n) is 7.87. The van der Waals surface area contributed by atoms with E-state index < -0.39 is 5.97 Å². The summed E-state index contributed by atoms with van der Waals surface area (Å²) in [7, 11) is 0. The van der Waals surface area contributed by atoms with Crippen molar-refractivity contribution in [2.45, 2.75) is 18.8 Å². The number of fused-ring (bicyclic) bond motifs is 1. The highest BCUT2D eigenvalue weighted by Crippen LogP contribution is 2.39. The van der Waals surface area contributed by atoms with E-state index in [-0.39, 0.29) is 24.5 Å². The fourth-order valence-electron chi connectivity index (χ4n) is 2.02. The summed E-state index contributed by atoms with van der Waals surface area (Å²) in [6.07, 6.45) is 0.216. The summed E-state index contributed by atoms with van der Waals surface area (Å²) < 4.78 is 0. The number of aliphatic carboxylic acids is 1. The fraction of sp³-hybridized carbons (Fsp3) is 0.273. The summed E-state index contributed by atoms with van der Waals surface area (Å²) in [5.41, 5.74) is 1.28. The number of halogens is 1. The van der Waals surface area contributed by atoms with Crippen LogP contribution in [-0.2, 0) is 4.79 Å². The van der Waals surface area contributed by atoms with Gasteiger partial charge in [-0.1, -0.05) is 23.7 Å². The van der Waals surface area contributed by atoms with Crippen LogP contribution in [0, 0.1) is 0 Å². The first kappa shape index (κ1) is 10.2. The molecule has 0 amide bonds. The predicted octanol–water partition coefficient (Wildman–Crippen LogP) is 2.48. The molecule has 1 aliphatic carbocycles. The Balaban J connectivity index is 2.44. The molecule has 0 aliphatic heterocycles. The van der Waals surface area contributed by atoms with Gasteiger partial charge in [-0.05, 0) is 11.6 Å². The molecule has 1 N–H and O–H groups in total. The Morgan fingerprint density at radius 1 is 1.53 bits per heavy atom. The number of Topliss-reactive ketones (excluding diaryl/α,β-unsaturated/α-hetero) is 1. The van der Waals surface area contributed by atoms with Crippen molar-refractivity contribution in [3.8, 4) is 0 Å². The lowest BCUT2D eigenvalue weighted by atomic mass is 9.98. The van der Waals surface area contributed by atoms with Crippen LogP contribution in [0.4, 0.5) is 0 Å². The van der Waals surface area contributed by atoms with Gasteiger partial charge in [-0.25, -0.2) is 0 Å². The van der Waals surface area contributed by atoms with Gasteiger partial charge in [-0.15, -0.1) is 0 Å². The van der Waals surface area contributed by atoms with Crippen LogP contribution in [0.1, 0.15) is 34.7 Å². The SMILES string of the molecule is O=C(O)CC1CC(=O)c2cccc(Cl)c21. The monoisotopic (exact) mass is 224 g/mol. The van der Waals surface area contributed by atoms with Crippen molar-refractivity contribution in [1.29, 1.82) is 0 Å². The van der Waals surface area contributed by atoms with Crippen molar-refractivity contribution in [2.75, 3.05) is 0 Å². The second kappa shape index (κ2) is 3.66. The molecule has 0 fully saturated rings. The summed E-state index contributed by atoms with van der Waals surface area (Å²) in [5.74, 6) is -1.18. The molecular formula is C11H9ClO3. The van der Waals surface area contributed by atoms with Gasteiger partial charge in [-0.2, -0.15) is 0 Å². The number of benzene rings is 1. The van der Waals surface area contributed by atoms with Crippen molar-refractivity contribution >= 4 is 23.4 Å². The number of carbonyl (C=O) groups is 2. The standard InChI is InChI=1S/C11H9ClO3/c12-8-3-1-2-7-9(13)4-6(11(7)8)5-10(14)15/h1-3,6H,4-5H2,(H,14,15). The van der Waals surface area contributed by atoms with Gasteiger partial charge in [0.1, 0.15) is 0 Å². The van der Waals surface area contributed by atoms with E-state index in [4.69, 9.17) is 16.7 Å². The smallest absolute Gasteiger partial charge is 0.303 e. The van der Waals surface area contributed by atoms with Crippen LogP contribution in [0.2, 0.25) is 5.02 Å². The van der Waals surface area contributed by atoms with E-state index in [0.717, 1.165) is 0 Å². The Bertz CT molecular complexity index is 437. The van der Waals surface area contributed by atoms with E-state index in [1.165, 1.54) is 0 Å². The molecule has 4 heteroatoms. The van der Waals surface area contributed by atoms with Crippen molar-refractivity contribution in [1.82, 2.24) is 0 Å². The maximum Gasteiger partial charge on any atom is 0.303 e. The van der Waals surface area contributed by atoms with Gasteiger partial charge in [0.15, 0.2) is 5.78 Å². The third kappa shape index (κ3) is 1.75. The van der Waals surface area contributed by atoms with Crippen LogP contribution >= 0.6 is 11.6 Å². The van der Waals surface area contributed by atoms with Gasteiger partial charge >= 0.3 is 5.97 Å². The molecule has 0 bridgehead atoms. The molecule has 0 saturated carbocycles. The molecule has 0 heterocycles. The molecule has 78 valence electrons. The first-order valence-corrected chi connectivity index (χ1v) is 5.01. The lowest BCUT2D eigenvalue weighted by Crippen LogP contribution is -2.03. The van der Waals surface area contributed by atoms with Gasteiger partial charge in [0, 0.05) is 22.9 Å². The Kier molecular flexibility index (Phi) is 2.49. The molecule has 15 heavy (non-hydrogen) atoms. The van der Waals surface area contributed by atoms with E-state index in [2.05, 4.69) is 0 Å². The average Bonchev–Trinajstić information content (AvgIpc) is 2.44. The van der Waals surface area contributed by atoms with Crippen LogP contribution in [-0.4, -0.2) is 16.9 Å². The molecule has 1 aromatic rings.